The summed E-state index contributed by atoms with van der Waals surface area (Å²) >= 11 is 0. The quantitative estimate of drug-likeness (QED) is 0.699. The van der Waals surface area contributed by atoms with Gasteiger partial charge in [0.05, 0.1) is 12.2 Å². The lowest BCUT2D eigenvalue weighted by Crippen LogP contribution is -2.28. The molecule has 1 aliphatic rings. The van der Waals surface area contributed by atoms with Gasteiger partial charge in [-0.15, -0.1) is 0 Å². The van der Waals surface area contributed by atoms with Gasteiger partial charge in [0.15, 0.2) is 0 Å². The molecule has 0 atom stereocenters. The molecule has 1 nitrogen and oxygen atoms in total. The highest BCUT2D eigenvalue weighted by Gasteiger charge is 2.21. The van der Waals surface area contributed by atoms with Gasteiger partial charge in [0, 0.05) is 0 Å². The fourth-order valence-corrected chi connectivity index (χ4v) is 2.86. The number of rotatable bonds is 6. The van der Waals surface area contributed by atoms with E-state index in [1.54, 1.807) is 0 Å². The minimum Gasteiger partial charge on any atom is -0.375 e. The van der Waals surface area contributed by atoms with Gasteiger partial charge in [-0.1, -0.05) is 49.6 Å². The molecule has 106 valence electrons. The molecule has 1 aliphatic carbocycles. The molecule has 0 amide bonds. The molecule has 0 bridgehead atoms. The van der Waals surface area contributed by atoms with Crippen molar-refractivity contribution in [1.29, 1.82) is 0 Å². The van der Waals surface area contributed by atoms with Crippen molar-refractivity contribution in [1.82, 2.24) is 0 Å². The molecule has 19 heavy (non-hydrogen) atoms. The average molecular weight is 260 g/mol. The minimum absolute atomic E-state index is 0.00723. The van der Waals surface area contributed by atoms with E-state index in [4.69, 9.17) is 4.74 Å². The van der Waals surface area contributed by atoms with Gasteiger partial charge >= 0.3 is 0 Å². The van der Waals surface area contributed by atoms with Crippen LogP contribution in [-0.4, -0.2) is 12.2 Å². The summed E-state index contributed by atoms with van der Waals surface area (Å²) in [6.45, 7) is 5.43. The van der Waals surface area contributed by atoms with Crippen molar-refractivity contribution in [3.8, 4) is 0 Å². The molecule has 1 aromatic rings. The number of hydrogen-bond donors (Lipinski definition) is 0. The first-order chi connectivity index (χ1) is 9.16. The summed E-state index contributed by atoms with van der Waals surface area (Å²) in [6, 6.07) is 10.7. The van der Waals surface area contributed by atoms with Crippen LogP contribution in [0.5, 0.6) is 0 Å². The van der Waals surface area contributed by atoms with E-state index < -0.39 is 0 Å². The predicted molar refractivity (Wildman–Crippen MR) is 81.4 cm³/mol. The molecule has 1 fully saturated rings. The van der Waals surface area contributed by atoms with E-state index in [1.807, 2.05) is 0 Å². The van der Waals surface area contributed by atoms with Gasteiger partial charge in [0.25, 0.3) is 0 Å². The van der Waals surface area contributed by atoms with E-state index in [9.17, 15) is 0 Å². The van der Waals surface area contributed by atoms with Crippen molar-refractivity contribution in [2.24, 2.45) is 5.92 Å². The van der Waals surface area contributed by atoms with E-state index in [2.05, 4.69) is 44.2 Å². The van der Waals surface area contributed by atoms with Crippen LogP contribution in [0.3, 0.4) is 0 Å². The fraction of sp³-hybridized carbons (Fsp3) is 0.667. The highest BCUT2D eigenvalue weighted by atomic mass is 16.5. The second kappa shape index (κ2) is 7.09. The van der Waals surface area contributed by atoms with Gasteiger partial charge in [-0.25, -0.2) is 0 Å². The predicted octanol–water partition coefficient (Wildman–Crippen LogP) is 4.99. The van der Waals surface area contributed by atoms with Crippen LogP contribution in [0.2, 0.25) is 0 Å². The summed E-state index contributed by atoms with van der Waals surface area (Å²) in [5, 5.41) is 0. The summed E-state index contributed by atoms with van der Waals surface area (Å²) in [5.41, 5.74) is 1.42. The third-order valence-electron chi connectivity index (χ3n) is 4.29. The van der Waals surface area contributed by atoms with Crippen LogP contribution >= 0.6 is 0 Å². The lowest BCUT2D eigenvalue weighted by atomic mass is 9.89. The standard InChI is InChI=1S/C18H28O/c1-18(2,14-13-16-9-5-3-6-10-16)19-15-17-11-7-4-8-12-17/h3,5-6,9-10,17H,4,7-8,11-15H2,1-2H3. The molecule has 0 heterocycles. The van der Waals surface area contributed by atoms with E-state index >= 15 is 0 Å². The van der Waals surface area contributed by atoms with Gasteiger partial charge in [-0.2, -0.15) is 0 Å². The first kappa shape index (κ1) is 14.6. The Hall–Kier alpha value is -0.820. The first-order valence-electron chi connectivity index (χ1n) is 7.84. The second-order valence-corrected chi connectivity index (χ2v) is 6.56. The smallest absolute Gasteiger partial charge is 0.0629 e. The Labute approximate surface area is 118 Å². The largest absolute Gasteiger partial charge is 0.375 e. The van der Waals surface area contributed by atoms with Crippen LogP contribution in [0.25, 0.3) is 0 Å². The van der Waals surface area contributed by atoms with Gasteiger partial charge in [-0.3, -0.25) is 0 Å². The summed E-state index contributed by atoms with van der Waals surface area (Å²) in [5.74, 6) is 0.810. The van der Waals surface area contributed by atoms with E-state index in [0.29, 0.717) is 0 Å². The average Bonchev–Trinajstić information content (AvgIpc) is 2.46. The van der Waals surface area contributed by atoms with Crippen LogP contribution in [0.4, 0.5) is 0 Å². The Morgan fingerprint density at radius 2 is 1.74 bits per heavy atom. The van der Waals surface area contributed by atoms with Crippen molar-refractivity contribution in [2.75, 3.05) is 6.61 Å². The molecule has 0 unspecified atom stereocenters. The number of aryl methyl sites for hydroxylation is 1. The minimum atomic E-state index is 0.00723. The van der Waals surface area contributed by atoms with Gasteiger partial charge in [0.1, 0.15) is 0 Å². The molecule has 2 rings (SSSR count). The molecular formula is C18H28O. The Kier molecular flexibility index (Phi) is 5.45. The molecule has 0 saturated heterocycles. The monoisotopic (exact) mass is 260 g/mol. The van der Waals surface area contributed by atoms with Crippen molar-refractivity contribution in [2.45, 2.75) is 64.4 Å². The summed E-state index contributed by atoms with van der Waals surface area (Å²) < 4.78 is 6.19. The van der Waals surface area contributed by atoms with Crippen molar-refractivity contribution < 1.29 is 4.74 Å². The van der Waals surface area contributed by atoms with Gasteiger partial charge in [0.2, 0.25) is 0 Å². The molecule has 0 N–H and O–H groups in total. The zero-order valence-corrected chi connectivity index (χ0v) is 12.5. The maximum Gasteiger partial charge on any atom is 0.0629 e. The molecular weight excluding hydrogens is 232 g/mol. The van der Waals surface area contributed by atoms with E-state index in [0.717, 1.165) is 25.4 Å². The topological polar surface area (TPSA) is 9.23 Å². The lowest BCUT2D eigenvalue weighted by molar-refractivity contribution is -0.0452. The maximum atomic E-state index is 6.19. The SMILES string of the molecule is CC(C)(CCc1ccccc1)OCC1CCCCC1. The third-order valence-corrected chi connectivity index (χ3v) is 4.29. The molecule has 1 aromatic carbocycles. The number of ether oxygens (including phenoxy) is 1. The Morgan fingerprint density at radius 1 is 1.05 bits per heavy atom. The Bertz CT molecular complexity index is 349. The van der Waals surface area contributed by atoms with Gasteiger partial charge in [-0.05, 0) is 51.0 Å². The molecule has 0 aliphatic heterocycles. The highest BCUT2D eigenvalue weighted by molar-refractivity contribution is 5.14. The van der Waals surface area contributed by atoms with Crippen molar-refractivity contribution in [3.63, 3.8) is 0 Å². The van der Waals surface area contributed by atoms with Crippen molar-refractivity contribution >= 4 is 0 Å². The fourth-order valence-electron chi connectivity index (χ4n) is 2.86. The van der Waals surface area contributed by atoms with Crippen LogP contribution < -0.4 is 0 Å². The van der Waals surface area contributed by atoms with E-state index in [-0.39, 0.29) is 5.60 Å². The first-order valence-corrected chi connectivity index (χ1v) is 7.84. The molecule has 1 heteroatoms. The lowest BCUT2D eigenvalue weighted by Gasteiger charge is -2.29. The van der Waals surface area contributed by atoms with E-state index in [1.165, 1.54) is 37.7 Å². The molecule has 0 radical (unpaired) electrons. The van der Waals surface area contributed by atoms with Crippen LogP contribution in [0.15, 0.2) is 30.3 Å². The number of hydrogen-bond acceptors (Lipinski definition) is 1. The highest BCUT2D eigenvalue weighted by Crippen LogP contribution is 2.26. The van der Waals surface area contributed by atoms with Crippen LogP contribution in [-0.2, 0) is 11.2 Å². The van der Waals surface area contributed by atoms with Crippen molar-refractivity contribution in [3.05, 3.63) is 35.9 Å². The zero-order valence-electron chi connectivity index (χ0n) is 12.5. The maximum absolute atomic E-state index is 6.19. The summed E-state index contributed by atoms with van der Waals surface area (Å²) in [7, 11) is 0. The van der Waals surface area contributed by atoms with Crippen LogP contribution in [0.1, 0.15) is 57.9 Å². The summed E-state index contributed by atoms with van der Waals surface area (Å²) in [4.78, 5) is 0. The number of benzene rings is 1. The normalized spacial score (nSPS) is 17.6. The van der Waals surface area contributed by atoms with Crippen LogP contribution in [0, 0.1) is 5.92 Å². The Morgan fingerprint density at radius 3 is 2.42 bits per heavy atom. The zero-order chi connectivity index (χ0) is 13.6. The molecule has 0 spiro atoms. The van der Waals surface area contributed by atoms with Gasteiger partial charge < -0.3 is 4.74 Å². The Balaban J connectivity index is 1.71. The molecule has 1 saturated carbocycles. The molecule has 0 aromatic heterocycles. The third kappa shape index (κ3) is 5.36. The second-order valence-electron chi connectivity index (χ2n) is 6.56. The summed E-state index contributed by atoms with van der Waals surface area (Å²) in [6.07, 6.45) is 9.18.